The predicted octanol–water partition coefficient (Wildman–Crippen LogP) is 0.526. The highest BCUT2D eigenvalue weighted by molar-refractivity contribution is 7.98. The molecule has 0 radical (unpaired) electrons. The van der Waals surface area contributed by atoms with Crippen molar-refractivity contribution in [2.75, 3.05) is 0 Å². The molecule has 7 nitrogen and oxygen atoms in total. The quantitative estimate of drug-likeness (QED) is 0.795. The van der Waals surface area contributed by atoms with E-state index in [1.54, 1.807) is 18.0 Å². The minimum absolute atomic E-state index is 0.00384. The van der Waals surface area contributed by atoms with Gasteiger partial charge in [-0.3, -0.25) is 0 Å². The van der Waals surface area contributed by atoms with Crippen LogP contribution in [0.4, 0.5) is 0 Å². The SMILES string of the molecule is Cn1c(CO)cnc1SCc1nnnn1C1CC1. The van der Waals surface area contributed by atoms with Gasteiger partial charge in [0.05, 0.1) is 30.3 Å². The van der Waals surface area contributed by atoms with Crippen molar-refractivity contribution in [1.29, 1.82) is 0 Å². The van der Waals surface area contributed by atoms with Crippen LogP contribution >= 0.6 is 11.8 Å². The third kappa shape index (κ3) is 2.13. The average Bonchev–Trinajstić information content (AvgIpc) is 3.01. The van der Waals surface area contributed by atoms with E-state index in [-0.39, 0.29) is 6.61 Å². The number of tetrazole rings is 1. The zero-order valence-electron chi connectivity index (χ0n) is 10.0. The molecule has 0 saturated heterocycles. The van der Waals surface area contributed by atoms with Crippen LogP contribution in [0.15, 0.2) is 11.4 Å². The molecule has 1 fully saturated rings. The Morgan fingerprint density at radius 1 is 1.50 bits per heavy atom. The number of aromatic nitrogens is 6. The molecule has 0 atom stereocenters. The van der Waals surface area contributed by atoms with Crippen molar-refractivity contribution in [3.63, 3.8) is 0 Å². The van der Waals surface area contributed by atoms with Crippen LogP contribution in [-0.4, -0.2) is 34.9 Å². The maximum Gasteiger partial charge on any atom is 0.168 e. The molecule has 0 spiro atoms. The van der Waals surface area contributed by atoms with Crippen molar-refractivity contribution in [2.45, 2.75) is 36.4 Å². The van der Waals surface area contributed by atoms with Crippen LogP contribution < -0.4 is 0 Å². The third-order valence-corrected chi connectivity index (χ3v) is 4.03. The van der Waals surface area contributed by atoms with Crippen molar-refractivity contribution in [3.05, 3.63) is 17.7 Å². The normalized spacial score (nSPS) is 15.2. The van der Waals surface area contributed by atoms with Crippen molar-refractivity contribution in [1.82, 2.24) is 29.8 Å². The molecule has 18 heavy (non-hydrogen) atoms. The molecule has 2 aromatic rings. The second-order valence-electron chi connectivity index (χ2n) is 4.31. The fourth-order valence-corrected chi connectivity index (χ4v) is 2.63. The molecule has 96 valence electrons. The Kier molecular flexibility index (Phi) is 3.04. The minimum atomic E-state index is 0.00384. The monoisotopic (exact) mass is 266 g/mol. The van der Waals surface area contributed by atoms with Crippen LogP contribution in [0.1, 0.15) is 30.4 Å². The summed E-state index contributed by atoms with van der Waals surface area (Å²) >= 11 is 1.58. The molecule has 0 aliphatic heterocycles. The van der Waals surface area contributed by atoms with Gasteiger partial charge in [0.25, 0.3) is 0 Å². The van der Waals surface area contributed by atoms with Crippen LogP contribution in [-0.2, 0) is 19.4 Å². The van der Waals surface area contributed by atoms with E-state index >= 15 is 0 Å². The van der Waals surface area contributed by atoms with Gasteiger partial charge >= 0.3 is 0 Å². The lowest BCUT2D eigenvalue weighted by atomic mass is 10.5. The summed E-state index contributed by atoms with van der Waals surface area (Å²) in [6, 6.07) is 0.491. The van der Waals surface area contributed by atoms with E-state index in [0.717, 1.165) is 16.7 Å². The van der Waals surface area contributed by atoms with Crippen LogP contribution in [0, 0.1) is 0 Å². The standard InChI is InChI=1S/C10H14N6OS/c1-15-8(5-17)4-11-10(15)18-6-9-12-13-14-16(9)7-2-3-7/h4,7,17H,2-3,5-6H2,1H3. The maximum atomic E-state index is 9.10. The van der Waals surface area contributed by atoms with Gasteiger partial charge in [-0.2, -0.15) is 0 Å². The van der Waals surface area contributed by atoms with E-state index in [1.807, 2.05) is 16.3 Å². The summed E-state index contributed by atoms with van der Waals surface area (Å²) in [5.41, 5.74) is 0.805. The highest BCUT2D eigenvalue weighted by Crippen LogP contribution is 2.35. The fraction of sp³-hybridized carbons (Fsp3) is 0.600. The van der Waals surface area contributed by atoms with Gasteiger partial charge in [0.15, 0.2) is 11.0 Å². The molecule has 8 heteroatoms. The second kappa shape index (κ2) is 4.69. The average molecular weight is 266 g/mol. The number of thioether (sulfide) groups is 1. The molecular weight excluding hydrogens is 252 g/mol. The van der Waals surface area contributed by atoms with Crippen LogP contribution in [0.3, 0.4) is 0 Å². The van der Waals surface area contributed by atoms with Crippen molar-refractivity contribution in [2.24, 2.45) is 7.05 Å². The summed E-state index contributed by atoms with van der Waals surface area (Å²) in [7, 11) is 1.89. The molecule has 1 N–H and O–H groups in total. The number of imidazole rings is 1. The summed E-state index contributed by atoms with van der Waals surface area (Å²) in [6.07, 6.45) is 4.02. The van der Waals surface area contributed by atoms with Gasteiger partial charge in [-0.25, -0.2) is 9.67 Å². The van der Waals surface area contributed by atoms with E-state index < -0.39 is 0 Å². The Bertz CT molecular complexity index is 546. The summed E-state index contributed by atoms with van der Waals surface area (Å²) in [5, 5.41) is 21.7. The van der Waals surface area contributed by atoms with Gasteiger partial charge in [0, 0.05) is 7.05 Å². The van der Waals surface area contributed by atoms with Gasteiger partial charge in [-0.1, -0.05) is 11.8 Å². The molecule has 0 aromatic carbocycles. The first-order valence-electron chi connectivity index (χ1n) is 5.80. The van der Waals surface area contributed by atoms with E-state index in [9.17, 15) is 0 Å². The topological polar surface area (TPSA) is 81.7 Å². The lowest BCUT2D eigenvalue weighted by Gasteiger charge is -2.04. The summed E-state index contributed by atoms with van der Waals surface area (Å²) < 4.78 is 3.79. The number of aliphatic hydroxyl groups is 1. The zero-order valence-corrected chi connectivity index (χ0v) is 10.8. The fourth-order valence-electron chi connectivity index (χ4n) is 1.75. The lowest BCUT2D eigenvalue weighted by Crippen LogP contribution is -2.03. The molecule has 2 heterocycles. The second-order valence-corrected chi connectivity index (χ2v) is 5.25. The number of nitrogens with zero attached hydrogens (tertiary/aromatic N) is 6. The van der Waals surface area contributed by atoms with E-state index in [2.05, 4.69) is 20.5 Å². The molecule has 3 rings (SSSR count). The summed E-state index contributed by atoms with van der Waals surface area (Å²) in [5.74, 6) is 1.58. The Hall–Kier alpha value is -1.41. The van der Waals surface area contributed by atoms with Gasteiger partial charge in [0.1, 0.15) is 0 Å². The molecule has 1 aliphatic rings. The highest BCUT2D eigenvalue weighted by atomic mass is 32.2. The Morgan fingerprint density at radius 2 is 2.33 bits per heavy atom. The first-order valence-corrected chi connectivity index (χ1v) is 6.79. The Morgan fingerprint density at radius 3 is 3.00 bits per heavy atom. The van der Waals surface area contributed by atoms with Crippen LogP contribution in [0.2, 0.25) is 0 Å². The van der Waals surface area contributed by atoms with Gasteiger partial charge in [-0.05, 0) is 23.3 Å². The summed E-state index contributed by atoms with van der Waals surface area (Å²) in [6.45, 7) is 0.00384. The van der Waals surface area contributed by atoms with E-state index in [4.69, 9.17) is 5.11 Å². The lowest BCUT2D eigenvalue weighted by molar-refractivity contribution is 0.271. The van der Waals surface area contributed by atoms with Gasteiger partial charge in [-0.15, -0.1) is 5.10 Å². The van der Waals surface area contributed by atoms with E-state index in [0.29, 0.717) is 11.8 Å². The third-order valence-electron chi connectivity index (χ3n) is 2.99. The first kappa shape index (κ1) is 11.7. The summed E-state index contributed by atoms with van der Waals surface area (Å²) in [4.78, 5) is 4.26. The molecule has 1 saturated carbocycles. The number of aliphatic hydroxyl groups excluding tert-OH is 1. The molecule has 2 aromatic heterocycles. The molecule has 0 bridgehead atoms. The number of hydrogen-bond acceptors (Lipinski definition) is 6. The molecular formula is C10H14N6OS. The smallest absolute Gasteiger partial charge is 0.168 e. The minimum Gasteiger partial charge on any atom is -0.390 e. The zero-order chi connectivity index (χ0) is 12.5. The molecule has 1 aliphatic carbocycles. The number of hydrogen-bond donors (Lipinski definition) is 1. The molecule has 0 unspecified atom stereocenters. The molecule has 0 amide bonds. The first-order chi connectivity index (χ1) is 8.79. The Labute approximate surface area is 108 Å². The Balaban J connectivity index is 1.69. The van der Waals surface area contributed by atoms with Gasteiger partial charge < -0.3 is 9.67 Å². The van der Waals surface area contributed by atoms with E-state index in [1.165, 1.54) is 12.8 Å². The number of rotatable bonds is 5. The largest absolute Gasteiger partial charge is 0.390 e. The van der Waals surface area contributed by atoms with Crippen LogP contribution in [0.5, 0.6) is 0 Å². The van der Waals surface area contributed by atoms with Crippen molar-refractivity contribution >= 4 is 11.8 Å². The highest BCUT2D eigenvalue weighted by Gasteiger charge is 2.27. The maximum absolute atomic E-state index is 9.10. The van der Waals surface area contributed by atoms with Crippen LogP contribution in [0.25, 0.3) is 0 Å². The van der Waals surface area contributed by atoms with Crippen molar-refractivity contribution in [3.8, 4) is 0 Å². The van der Waals surface area contributed by atoms with Gasteiger partial charge in [0.2, 0.25) is 0 Å². The van der Waals surface area contributed by atoms with Crippen molar-refractivity contribution < 1.29 is 5.11 Å². The predicted molar refractivity (Wildman–Crippen MR) is 64.8 cm³/mol.